The molecule has 6 nitrogen and oxygen atoms in total. The minimum atomic E-state index is -0.865. The number of anilines is 1. The first-order valence-corrected chi connectivity index (χ1v) is 12.6. The summed E-state index contributed by atoms with van der Waals surface area (Å²) in [4.78, 5) is 32.7. The molecule has 0 bridgehead atoms. The summed E-state index contributed by atoms with van der Waals surface area (Å²) in [5.41, 5.74) is 3.49. The van der Waals surface area contributed by atoms with E-state index in [-0.39, 0.29) is 22.7 Å². The molecule has 4 rings (SSSR count). The lowest BCUT2D eigenvalue weighted by molar-refractivity contribution is -0.132. The number of aliphatic hydroxyl groups excluding tert-OH is 1. The molecule has 2 aromatic carbocycles. The topological polar surface area (TPSA) is 79.7 Å². The van der Waals surface area contributed by atoms with Crippen LogP contribution in [0.3, 0.4) is 0 Å². The maximum atomic E-state index is 13.4. The summed E-state index contributed by atoms with van der Waals surface area (Å²) in [6.07, 6.45) is 1.62. The fraction of sp³-hybridized carbons (Fsp3) is 0.323. The highest BCUT2D eigenvalue weighted by atomic mass is 16.5. The highest BCUT2D eigenvalue weighted by molar-refractivity contribution is 6.51. The number of hydrogen-bond donors (Lipinski definition) is 1. The van der Waals surface area contributed by atoms with Crippen molar-refractivity contribution in [3.8, 4) is 5.75 Å². The number of pyridine rings is 1. The van der Waals surface area contributed by atoms with Crippen LogP contribution in [0.5, 0.6) is 5.75 Å². The number of Topliss-reactive ketones (excluding diaryl/α,β-unsaturated/α-hetero) is 1. The molecule has 1 amide bonds. The zero-order valence-corrected chi connectivity index (χ0v) is 22.3. The lowest BCUT2D eigenvalue weighted by atomic mass is 9.87. The van der Waals surface area contributed by atoms with Gasteiger partial charge < -0.3 is 9.84 Å². The molecular weight excluding hydrogens is 464 g/mol. The fourth-order valence-electron chi connectivity index (χ4n) is 4.63. The minimum absolute atomic E-state index is 0.0162. The summed E-state index contributed by atoms with van der Waals surface area (Å²) >= 11 is 0. The molecule has 0 aliphatic carbocycles. The third kappa shape index (κ3) is 5.01. The number of nitrogens with zero attached hydrogens (tertiary/aromatic N) is 2. The van der Waals surface area contributed by atoms with Gasteiger partial charge >= 0.3 is 0 Å². The molecule has 192 valence electrons. The quantitative estimate of drug-likeness (QED) is 0.238. The Morgan fingerprint density at radius 3 is 2.32 bits per heavy atom. The third-order valence-electron chi connectivity index (χ3n) is 6.63. The summed E-state index contributed by atoms with van der Waals surface area (Å²) < 4.78 is 5.76. The minimum Gasteiger partial charge on any atom is -0.507 e. The highest BCUT2D eigenvalue weighted by Crippen LogP contribution is 2.42. The van der Waals surface area contributed by atoms with E-state index in [0.717, 1.165) is 16.9 Å². The molecule has 1 aromatic heterocycles. The second-order valence-electron chi connectivity index (χ2n) is 10.6. The molecule has 6 heteroatoms. The van der Waals surface area contributed by atoms with Gasteiger partial charge in [0.15, 0.2) is 0 Å². The van der Waals surface area contributed by atoms with Gasteiger partial charge in [-0.25, -0.2) is 0 Å². The van der Waals surface area contributed by atoms with E-state index in [2.05, 4.69) is 25.8 Å². The van der Waals surface area contributed by atoms with Crippen LogP contribution in [0, 0.1) is 0 Å². The molecule has 1 N–H and O–H groups in total. The Balaban J connectivity index is 1.89. The molecule has 0 radical (unpaired) electrons. The Labute approximate surface area is 218 Å². The monoisotopic (exact) mass is 498 g/mol. The van der Waals surface area contributed by atoms with Crippen molar-refractivity contribution in [2.24, 2.45) is 0 Å². The molecule has 1 aliphatic heterocycles. The van der Waals surface area contributed by atoms with Gasteiger partial charge in [-0.1, -0.05) is 52.8 Å². The SMILES string of the molecule is CCOc1ccc(/C(O)=C2/C(=O)C(=O)N(c3ccc(C(C)(C)C)cc3)C2c2ccccn2)cc1C(C)C. The van der Waals surface area contributed by atoms with Crippen LogP contribution >= 0.6 is 0 Å². The van der Waals surface area contributed by atoms with Crippen LogP contribution in [0.15, 0.2) is 72.4 Å². The number of ether oxygens (including phenoxy) is 1. The van der Waals surface area contributed by atoms with Crippen LogP contribution in [0.4, 0.5) is 5.69 Å². The van der Waals surface area contributed by atoms with Gasteiger partial charge in [0, 0.05) is 17.4 Å². The fourth-order valence-corrected chi connectivity index (χ4v) is 4.63. The van der Waals surface area contributed by atoms with E-state index in [1.165, 1.54) is 4.90 Å². The van der Waals surface area contributed by atoms with Crippen molar-refractivity contribution in [1.82, 2.24) is 4.98 Å². The van der Waals surface area contributed by atoms with Crippen molar-refractivity contribution >= 4 is 23.1 Å². The predicted molar refractivity (Wildman–Crippen MR) is 146 cm³/mol. The standard InChI is InChI=1S/C31H34N2O4/c1-7-37-25-16-11-20(18-23(25)19(2)3)28(34)26-27(24-10-8-9-17-32-24)33(30(36)29(26)35)22-14-12-21(13-15-22)31(4,5)6/h8-19,27,34H,7H2,1-6H3/b28-26-. The van der Waals surface area contributed by atoms with Gasteiger partial charge in [0.2, 0.25) is 0 Å². The van der Waals surface area contributed by atoms with Crippen LogP contribution in [0.1, 0.15) is 75.9 Å². The van der Waals surface area contributed by atoms with Gasteiger partial charge in [0.25, 0.3) is 11.7 Å². The van der Waals surface area contributed by atoms with E-state index in [1.54, 1.807) is 36.5 Å². The molecule has 1 unspecified atom stereocenters. The molecule has 1 saturated heterocycles. The van der Waals surface area contributed by atoms with E-state index in [4.69, 9.17) is 4.74 Å². The summed E-state index contributed by atoms with van der Waals surface area (Å²) in [5, 5.41) is 11.5. The lowest BCUT2D eigenvalue weighted by Gasteiger charge is -2.26. The zero-order chi connectivity index (χ0) is 26.9. The lowest BCUT2D eigenvalue weighted by Crippen LogP contribution is -2.30. The molecule has 0 saturated carbocycles. The van der Waals surface area contributed by atoms with E-state index in [1.807, 2.05) is 51.1 Å². The molecule has 1 aliphatic rings. The summed E-state index contributed by atoms with van der Waals surface area (Å²) in [7, 11) is 0. The number of carbonyl (C=O) groups is 2. The van der Waals surface area contributed by atoms with E-state index < -0.39 is 17.7 Å². The maximum Gasteiger partial charge on any atom is 0.300 e. The zero-order valence-electron chi connectivity index (χ0n) is 22.3. The van der Waals surface area contributed by atoms with Crippen LogP contribution in [0.2, 0.25) is 0 Å². The third-order valence-corrected chi connectivity index (χ3v) is 6.63. The van der Waals surface area contributed by atoms with Gasteiger partial charge in [-0.05, 0) is 71.8 Å². The number of aromatic nitrogens is 1. The van der Waals surface area contributed by atoms with E-state index in [0.29, 0.717) is 23.6 Å². The Morgan fingerprint density at radius 1 is 1.05 bits per heavy atom. The smallest absolute Gasteiger partial charge is 0.300 e. The Bertz CT molecular complexity index is 1340. The van der Waals surface area contributed by atoms with E-state index >= 15 is 0 Å². The van der Waals surface area contributed by atoms with Gasteiger partial charge in [0.05, 0.1) is 17.9 Å². The van der Waals surface area contributed by atoms with Crippen LogP contribution in [0.25, 0.3) is 5.76 Å². The van der Waals surface area contributed by atoms with Crippen molar-refractivity contribution in [2.75, 3.05) is 11.5 Å². The molecule has 0 spiro atoms. The molecule has 1 fully saturated rings. The molecule has 2 heterocycles. The van der Waals surface area contributed by atoms with Crippen LogP contribution in [-0.4, -0.2) is 28.4 Å². The van der Waals surface area contributed by atoms with Crippen molar-refractivity contribution in [1.29, 1.82) is 0 Å². The van der Waals surface area contributed by atoms with E-state index in [9.17, 15) is 14.7 Å². The Kier molecular flexibility index (Phi) is 7.21. The van der Waals surface area contributed by atoms with Crippen molar-refractivity contribution in [2.45, 2.75) is 58.9 Å². The number of rotatable bonds is 6. The second kappa shape index (κ2) is 10.2. The Morgan fingerprint density at radius 2 is 1.76 bits per heavy atom. The van der Waals surface area contributed by atoms with Gasteiger partial charge in [-0.15, -0.1) is 0 Å². The number of aliphatic hydroxyl groups is 1. The van der Waals surface area contributed by atoms with Gasteiger partial charge in [-0.3, -0.25) is 19.5 Å². The molecule has 37 heavy (non-hydrogen) atoms. The van der Waals surface area contributed by atoms with Crippen molar-refractivity contribution in [3.63, 3.8) is 0 Å². The number of benzene rings is 2. The average Bonchev–Trinajstić information content (AvgIpc) is 3.14. The number of amides is 1. The number of ketones is 1. The average molecular weight is 499 g/mol. The predicted octanol–water partition coefficient (Wildman–Crippen LogP) is 6.53. The van der Waals surface area contributed by atoms with Gasteiger partial charge in [0.1, 0.15) is 17.6 Å². The van der Waals surface area contributed by atoms with Crippen LogP contribution < -0.4 is 9.64 Å². The first-order valence-electron chi connectivity index (χ1n) is 12.6. The van der Waals surface area contributed by atoms with Crippen LogP contribution in [-0.2, 0) is 15.0 Å². The number of carbonyl (C=O) groups excluding carboxylic acids is 2. The molecule has 1 atom stereocenters. The highest BCUT2D eigenvalue weighted by Gasteiger charge is 2.47. The largest absolute Gasteiger partial charge is 0.507 e. The Hall–Kier alpha value is -3.93. The molecule has 3 aromatic rings. The molecular formula is C31H34N2O4. The van der Waals surface area contributed by atoms with Crippen molar-refractivity contribution < 1.29 is 19.4 Å². The summed E-state index contributed by atoms with van der Waals surface area (Å²) in [6, 6.07) is 17.4. The summed E-state index contributed by atoms with van der Waals surface area (Å²) in [5.74, 6) is -0.809. The first kappa shape index (κ1) is 26.1. The van der Waals surface area contributed by atoms with Gasteiger partial charge in [-0.2, -0.15) is 0 Å². The summed E-state index contributed by atoms with van der Waals surface area (Å²) in [6.45, 7) is 12.9. The normalized spacial score (nSPS) is 17.5. The second-order valence-corrected chi connectivity index (χ2v) is 10.6. The van der Waals surface area contributed by atoms with Crippen molar-refractivity contribution in [3.05, 3.63) is 94.8 Å². The number of hydrogen-bond acceptors (Lipinski definition) is 5. The maximum absolute atomic E-state index is 13.4. The first-order chi connectivity index (χ1) is 17.5.